The maximum Gasteiger partial charge on any atom is 0.0562 e. The molecule has 0 amide bonds. The highest BCUT2D eigenvalue weighted by molar-refractivity contribution is 8.00. The van der Waals surface area contributed by atoms with Gasteiger partial charge in [-0.05, 0) is 30.9 Å². The van der Waals surface area contributed by atoms with Crippen molar-refractivity contribution in [1.29, 1.82) is 0 Å². The number of nitrogens with two attached hydrogens (primary N) is 1. The highest BCUT2D eigenvalue weighted by Crippen LogP contribution is 2.41. The molecule has 0 spiro atoms. The molecule has 0 heterocycles. The Labute approximate surface area is 113 Å². The van der Waals surface area contributed by atoms with Gasteiger partial charge in [0.25, 0.3) is 0 Å². The maximum atomic E-state index is 6.22. The van der Waals surface area contributed by atoms with Crippen LogP contribution in [0.5, 0.6) is 0 Å². The average Bonchev–Trinajstić information content (AvgIpc) is 2.34. The van der Waals surface area contributed by atoms with Crippen molar-refractivity contribution < 1.29 is 0 Å². The Morgan fingerprint density at radius 2 is 2.24 bits per heavy atom. The molecule has 94 valence electrons. The lowest BCUT2D eigenvalue weighted by Crippen LogP contribution is -2.16. The molecule has 17 heavy (non-hydrogen) atoms. The van der Waals surface area contributed by atoms with Gasteiger partial charge in [-0.15, -0.1) is 11.8 Å². The molecular weight excluding hydrogens is 250 g/mol. The quantitative estimate of drug-likeness (QED) is 0.783. The van der Waals surface area contributed by atoms with Gasteiger partial charge in [-0.1, -0.05) is 43.9 Å². The molecule has 2 unspecified atom stereocenters. The van der Waals surface area contributed by atoms with Crippen LogP contribution in [0.4, 0.5) is 5.69 Å². The minimum absolute atomic E-state index is 0.691. The molecule has 0 bridgehead atoms. The molecule has 0 aromatic heterocycles. The predicted octanol–water partition coefficient (Wildman–Crippen LogP) is 4.98. The predicted molar refractivity (Wildman–Crippen MR) is 77.8 cm³/mol. The summed E-state index contributed by atoms with van der Waals surface area (Å²) in [6.07, 6.45) is 6.65. The highest BCUT2D eigenvalue weighted by Gasteiger charge is 2.22. The molecule has 3 heteroatoms. The van der Waals surface area contributed by atoms with E-state index in [-0.39, 0.29) is 0 Å². The van der Waals surface area contributed by atoms with Crippen LogP contribution in [-0.2, 0) is 0 Å². The van der Waals surface area contributed by atoms with Crippen LogP contribution in [0, 0.1) is 5.92 Å². The Morgan fingerprint density at radius 1 is 1.41 bits per heavy atom. The summed E-state index contributed by atoms with van der Waals surface area (Å²) in [5, 5.41) is 1.49. The third-order valence-electron chi connectivity index (χ3n) is 3.59. The molecule has 1 aliphatic carbocycles. The summed E-state index contributed by atoms with van der Waals surface area (Å²) in [6, 6.07) is 5.78. The lowest BCUT2D eigenvalue weighted by molar-refractivity contribution is 0.357. The smallest absolute Gasteiger partial charge is 0.0562 e. The molecule has 0 aliphatic heterocycles. The highest BCUT2D eigenvalue weighted by atomic mass is 35.5. The fourth-order valence-corrected chi connectivity index (χ4v) is 4.22. The summed E-state index contributed by atoms with van der Waals surface area (Å²) >= 11 is 8.10. The van der Waals surface area contributed by atoms with E-state index in [4.69, 9.17) is 17.3 Å². The fraction of sp³-hybridized carbons (Fsp3) is 0.571. The van der Waals surface area contributed by atoms with Gasteiger partial charge >= 0.3 is 0 Å². The van der Waals surface area contributed by atoms with Crippen molar-refractivity contribution in [3.63, 3.8) is 0 Å². The van der Waals surface area contributed by atoms with Crippen molar-refractivity contribution >= 4 is 29.1 Å². The van der Waals surface area contributed by atoms with Gasteiger partial charge in [0.2, 0.25) is 0 Å². The molecule has 2 rings (SSSR count). The second-order valence-electron chi connectivity index (χ2n) is 4.84. The molecular formula is C14H20ClNS. The van der Waals surface area contributed by atoms with Crippen LogP contribution in [0.25, 0.3) is 0 Å². The van der Waals surface area contributed by atoms with Crippen molar-refractivity contribution in [2.75, 3.05) is 5.73 Å². The average molecular weight is 270 g/mol. The number of nitrogen functional groups attached to an aromatic ring is 1. The third-order valence-corrected chi connectivity index (χ3v) is 5.47. The van der Waals surface area contributed by atoms with Crippen LogP contribution < -0.4 is 5.73 Å². The van der Waals surface area contributed by atoms with Gasteiger partial charge < -0.3 is 5.73 Å². The molecule has 0 radical (unpaired) electrons. The van der Waals surface area contributed by atoms with E-state index in [1.165, 1.54) is 32.1 Å². The van der Waals surface area contributed by atoms with Crippen molar-refractivity contribution in [3.05, 3.63) is 23.2 Å². The fourth-order valence-electron chi connectivity index (χ4n) is 2.54. The maximum absolute atomic E-state index is 6.22. The Kier molecular flexibility index (Phi) is 4.63. The lowest BCUT2D eigenvalue weighted by atomic mass is 9.87. The normalized spacial score (nSPS) is 24.8. The van der Waals surface area contributed by atoms with E-state index in [0.29, 0.717) is 5.25 Å². The minimum Gasteiger partial charge on any atom is -0.398 e. The van der Waals surface area contributed by atoms with E-state index in [1.54, 1.807) is 0 Å². The molecule has 1 aromatic carbocycles. The lowest BCUT2D eigenvalue weighted by Gasteiger charge is -2.28. The number of benzene rings is 1. The summed E-state index contributed by atoms with van der Waals surface area (Å²) in [7, 11) is 0. The van der Waals surface area contributed by atoms with Crippen LogP contribution in [0.1, 0.15) is 39.0 Å². The monoisotopic (exact) mass is 269 g/mol. The molecule has 2 atom stereocenters. The van der Waals surface area contributed by atoms with Gasteiger partial charge in [-0.3, -0.25) is 0 Å². The van der Waals surface area contributed by atoms with Crippen molar-refractivity contribution in [1.82, 2.24) is 0 Å². The van der Waals surface area contributed by atoms with Gasteiger partial charge in [-0.2, -0.15) is 0 Å². The van der Waals surface area contributed by atoms with Crippen molar-refractivity contribution in [2.45, 2.75) is 49.2 Å². The summed E-state index contributed by atoms with van der Waals surface area (Å²) in [5.74, 6) is 0.893. The molecule has 0 saturated heterocycles. The Hall–Kier alpha value is -0.340. The minimum atomic E-state index is 0.691. The summed E-state index contributed by atoms with van der Waals surface area (Å²) in [4.78, 5) is 1.08. The molecule has 1 aromatic rings. The van der Waals surface area contributed by atoms with Gasteiger partial charge in [0.15, 0.2) is 0 Å². The zero-order valence-corrected chi connectivity index (χ0v) is 11.9. The molecule has 2 N–H and O–H groups in total. The second-order valence-corrected chi connectivity index (χ2v) is 6.56. The second kappa shape index (κ2) is 6.01. The first-order valence-electron chi connectivity index (χ1n) is 6.41. The summed E-state index contributed by atoms with van der Waals surface area (Å²) in [6.45, 7) is 2.29. The van der Waals surface area contributed by atoms with Crippen molar-refractivity contribution in [3.8, 4) is 0 Å². The van der Waals surface area contributed by atoms with E-state index in [1.807, 2.05) is 30.0 Å². The van der Waals surface area contributed by atoms with Crippen LogP contribution in [0.15, 0.2) is 23.1 Å². The third kappa shape index (κ3) is 3.32. The number of rotatable bonds is 3. The molecule has 1 fully saturated rings. The van der Waals surface area contributed by atoms with Gasteiger partial charge in [0.05, 0.1) is 5.02 Å². The number of thioether (sulfide) groups is 1. The number of hydrogen-bond donors (Lipinski definition) is 1. The van der Waals surface area contributed by atoms with Gasteiger partial charge in [0, 0.05) is 15.8 Å². The zero-order chi connectivity index (χ0) is 12.3. The van der Waals surface area contributed by atoms with E-state index in [0.717, 1.165) is 21.5 Å². The van der Waals surface area contributed by atoms with Crippen LogP contribution >= 0.6 is 23.4 Å². The van der Waals surface area contributed by atoms with E-state index in [9.17, 15) is 0 Å². The van der Waals surface area contributed by atoms with Gasteiger partial charge in [-0.25, -0.2) is 0 Å². The molecule has 1 nitrogen and oxygen atoms in total. The summed E-state index contributed by atoms with van der Waals surface area (Å²) < 4.78 is 0. The van der Waals surface area contributed by atoms with Crippen LogP contribution in [-0.4, -0.2) is 5.25 Å². The van der Waals surface area contributed by atoms with E-state index >= 15 is 0 Å². The number of hydrogen-bond acceptors (Lipinski definition) is 2. The number of halogens is 1. The van der Waals surface area contributed by atoms with Crippen LogP contribution in [0.3, 0.4) is 0 Å². The molecule has 1 aliphatic rings. The van der Waals surface area contributed by atoms with E-state index in [2.05, 4.69) is 6.92 Å². The van der Waals surface area contributed by atoms with Crippen molar-refractivity contribution in [2.24, 2.45) is 5.92 Å². The first-order chi connectivity index (χ1) is 8.20. The Balaban J connectivity index is 2.05. The summed E-state index contributed by atoms with van der Waals surface area (Å²) in [5.41, 5.74) is 6.82. The topological polar surface area (TPSA) is 26.0 Å². The van der Waals surface area contributed by atoms with E-state index < -0.39 is 0 Å². The zero-order valence-electron chi connectivity index (χ0n) is 10.3. The van der Waals surface area contributed by atoms with Crippen LogP contribution in [0.2, 0.25) is 5.02 Å². The standard InChI is InChI=1S/C14H20ClNS/c1-2-10-5-3-6-11(9-10)17-14-12(15)7-4-8-13(14)16/h4,7-8,10-11H,2-3,5-6,9,16H2,1H3. The first-order valence-corrected chi connectivity index (χ1v) is 7.67. The molecule has 1 saturated carbocycles. The van der Waals surface area contributed by atoms with Gasteiger partial charge in [0.1, 0.15) is 0 Å². The number of anilines is 1. The Morgan fingerprint density at radius 3 is 2.94 bits per heavy atom. The SMILES string of the molecule is CCC1CCCC(Sc2c(N)cccc2Cl)C1. The largest absolute Gasteiger partial charge is 0.398 e. The Bertz CT molecular complexity index is 360. The first kappa shape index (κ1) is 13.1.